The summed E-state index contributed by atoms with van der Waals surface area (Å²) < 4.78 is 6.00. The molecular weight excluding hydrogens is 915 g/mol. The number of likely N-dealkylation sites (tertiary alicyclic amines) is 1. The molecule has 2 saturated heterocycles. The molecule has 1 aromatic carbocycles. The molecule has 0 saturated carbocycles. The van der Waals surface area contributed by atoms with Gasteiger partial charge in [-0.1, -0.05) is 58.0 Å². The fourth-order valence-corrected chi connectivity index (χ4v) is 8.62. The Morgan fingerprint density at radius 2 is 1.18 bits per heavy atom. The molecule has 0 aromatic heterocycles. The molecule has 3 rings (SSSR count). The molecule has 20 heteroatoms. The molecule has 20 nitrogen and oxygen atoms in total. The lowest BCUT2D eigenvalue weighted by Crippen LogP contribution is -2.62. The number of aliphatic hydroxyl groups is 1. The van der Waals surface area contributed by atoms with Gasteiger partial charge in [0, 0.05) is 47.7 Å². The van der Waals surface area contributed by atoms with Crippen LogP contribution in [0.2, 0.25) is 0 Å². The van der Waals surface area contributed by atoms with Crippen molar-refractivity contribution in [2.45, 2.75) is 174 Å². The predicted molar refractivity (Wildman–Crippen MR) is 267 cm³/mol. The maximum atomic E-state index is 14.8. The fraction of sp³-hybridized carbons (Fsp3) is 0.706. The maximum absolute atomic E-state index is 14.8. The molecule has 5 N–H and O–H groups in total. The van der Waals surface area contributed by atoms with E-state index in [9.17, 15) is 48.3 Å². The number of likely N-dealkylation sites (N-methyl/N-ethyl adjacent to an activating group) is 4. The Labute approximate surface area is 420 Å². The molecule has 2 heterocycles. The number of benzene rings is 1. The third-order valence-corrected chi connectivity index (χ3v) is 13.1. The highest BCUT2D eigenvalue weighted by Gasteiger charge is 2.42. The molecule has 0 unspecified atom stereocenters. The zero-order valence-corrected chi connectivity index (χ0v) is 44.6. The molecule has 0 bridgehead atoms. The van der Waals surface area contributed by atoms with Gasteiger partial charge in [-0.2, -0.15) is 0 Å². The first-order valence-corrected chi connectivity index (χ1v) is 25.0. The molecule has 2 aliphatic heterocycles. The normalized spacial score (nSPS) is 26.7. The summed E-state index contributed by atoms with van der Waals surface area (Å²) in [6.45, 7) is 17.2. The summed E-state index contributed by atoms with van der Waals surface area (Å²) in [5.74, 6) is -6.77. The average molecular weight is 998 g/mol. The molecule has 9 amide bonds. The van der Waals surface area contributed by atoms with Crippen molar-refractivity contribution in [3.8, 4) is 0 Å². The predicted octanol–water partition coefficient (Wildman–Crippen LogP) is 1.22. The summed E-state index contributed by atoms with van der Waals surface area (Å²) in [6.07, 6.45) is 0.524. The van der Waals surface area contributed by atoms with E-state index < -0.39 is 120 Å². The van der Waals surface area contributed by atoms with Gasteiger partial charge >= 0.3 is 0 Å². The van der Waals surface area contributed by atoms with Gasteiger partial charge in [0.2, 0.25) is 53.2 Å². The topological polar surface area (TPSA) is 247 Å². The molecule has 1 aromatic rings. The number of ether oxygens (including phenoxy) is 1. The van der Waals surface area contributed by atoms with Crippen LogP contribution >= 0.6 is 0 Å². The number of piperidine rings is 1. The van der Waals surface area contributed by atoms with Crippen LogP contribution in [0.3, 0.4) is 0 Å². The number of hydrogen-bond acceptors (Lipinski definition) is 11. The zero-order valence-electron chi connectivity index (χ0n) is 44.6. The second-order valence-corrected chi connectivity index (χ2v) is 21.1. The zero-order chi connectivity index (χ0) is 53.7. The Morgan fingerprint density at radius 3 is 1.70 bits per heavy atom. The van der Waals surface area contributed by atoms with Crippen LogP contribution in [0.25, 0.3) is 0 Å². The number of aliphatic hydroxyl groups excluding tert-OH is 1. The van der Waals surface area contributed by atoms with Crippen LogP contribution in [0.4, 0.5) is 0 Å². The number of rotatable bonds is 10. The van der Waals surface area contributed by atoms with Crippen molar-refractivity contribution in [3.63, 3.8) is 0 Å². The van der Waals surface area contributed by atoms with Crippen molar-refractivity contribution in [1.29, 1.82) is 0 Å². The molecule has 398 valence electrons. The second kappa shape index (κ2) is 26.7. The number of nitrogens with one attached hydrogen (secondary N) is 4. The van der Waals surface area contributed by atoms with Crippen molar-refractivity contribution < 1.29 is 53.0 Å². The van der Waals surface area contributed by atoms with Crippen molar-refractivity contribution >= 4 is 53.2 Å². The van der Waals surface area contributed by atoms with E-state index in [2.05, 4.69) is 21.3 Å². The van der Waals surface area contributed by atoms with Gasteiger partial charge in [-0.15, -0.1) is 0 Å². The van der Waals surface area contributed by atoms with E-state index in [-0.39, 0.29) is 37.7 Å². The standard InChI is InChI=1S/C51H83N9O11/c1-30(2)25-38-44(64)53-36(48(68)60-23-19-16-20-24-60)28-41(62)52-32(5)46(66)59(14)40(27-35-21-17-15-18-22-35)49(69)58(13)39(26-31(3)4)45(65)55-42(34(7)61)50(70)56(11)33(6)43(63)54-37(47(67)57(38)12)29-71-51(8,9)10/h15,17-18,21-22,30-34,36-40,42,61H,16,19-20,23-29H2,1-14H3,(H,52,62)(H,53,64)(H,54,63)(H,55,65)/t32-,33+,34-,36+,37+,38+,39+,40+,42+/m1/s1. The number of hydrogen-bond donors (Lipinski definition) is 5. The van der Waals surface area contributed by atoms with Gasteiger partial charge in [-0.25, -0.2) is 0 Å². The van der Waals surface area contributed by atoms with Crippen LogP contribution in [-0.4, -0.2) is 191 Å². The Morgan fingerprint density at radius 1 is 0.662 bits per heavy atom. The average Bonchev–Trinajstić information content (AvgIpc) is 3.31. The summed E-state index contributed by atoms with van der Waals surface area (Å²) in [5.41, 5.74) is -0.0945. The first kappa shape index (κ1) is 59.7. The molecule has 2 fully saturated rings. The third kappa shape index (κ3) is 17.3. The van der Waals surface area contributed by atoms with Crippen LogP contribution in [0.15, 0.2) is 30.3 Å². The third-order valence-electron chi connectivity index (χ3n) is 13.1. The molecule has 0 spiro atoms. The van der Waals surface area contributed by atoms with Gasteiger partial charge < -0.3 is 55.6 Å². The number of carbonyl (C=O) groups excluding carboxylic acids is 9. The van der Waals surface area contributed by atoms with Crippen LogP contribution < -0.4 is 21.3 Å². The maximum Gasteiger partial charge on any atom is 0.248 e. The SMILES string of the molecule is CC(C)C[C@H]1C(=O)N[C@H](C(=O)N2CCCCC2)CC(=O)N[C@H](C)C(=O)N(C)[C@@H](Cc2ccccc2)C(=O)N(C)[C@@H](CC(C)C)C(=O)N[C@@H]([C@@H](C)O)C(=O)N(C)[C@@H](C)C(=O)N[C@@H](COC(C)(C)C)C(=O)N1C. The first-order valence-electron chi connectivity index (χ1n) is 25.0. The highest BCUT2D eigenvalue weighted by atomic mass is 16.5. The molecule has 2 aliphatic rings. The van der Waals surface area contributed by atoms with Gasteiger partial charge in [0.25, 0.3) is 0 Å². The summed E-state index contributed by atoms with van der Waals surface area (Å²) in [4.78, 5) is 136. The number of nitrogens with zero attached hydrogens (tertiary/aromatic N) is 5. The quantitative estimate of drug-likeness (QED) is 0.223. The van der Waals surface area contributed by atoms with Crippen molar-refractivity contribution in [3.05, 3.63) is 35.9 Å². The van der Waals surface area contributed by atoms with E-state index in [1.54, 1.807) is 56.0 Å². The van der Waals surface area contributed by atoms with E-state index in [0.29, 0.717) is 18.7 Å². The van der Waals surface area contributed by atoms with Gasteiger partial charge in [-0.3, -0.25) is 43.2 Å². The number of carbonyl (C=O) groups is 9. The van der Waals surface area contributed by atoms with Crippen LogP contribution in [0, 0.1) is 11.8 Å². The van der Waals surface area contributed by atoms with Gasteiger partial charge in [0.15, 0.2) is 0 Å². The van der Waals surface area contributed by atoms with E-state index in [0.717, 1.165) is 24.2 Å². The highest BCUT2D eigenvalue weighted by Crippen LogP contribution is 2.20. The Balaban J connectivity index is 2.24. The number of amides is 9. The van der Waals surface area contributed by atoms with Gasteiger partial charge in [0.1, 0.15) is 48.3 Å². The van der Waals surface area contributed by atoms with E-state index in [1.165, 1.54) is 63.7 Å². The van der Waals surface area contributed by atoms with Gasteiger partial charge in [0.05, 0.1) is 24.7 Å². The van der Waals surface area contributed by atoms with E-state index in [4.69, 9.17) is 4.74 Å². The fourth-order valence-electron chi connectivity index (χ4n) is 8.62. The lowest BCUT2D eigenvalue weighted by atomic mass is 9.98. The summed E-state index contributed by atoms with van der Waals surface area (Å²) in [7, 11) is 5.53. The minimum atomic E-state index is -1.60. The summed E-state index contributed by atoms with van der Waals surface area (Å²) in [5, 5.41) is 21.8. The lowest BCUT2D eigenvalue weighted by Gasteiger charge is -2.37. The first-order chi connectivity index (χ1) is 33.1. The van der Waals surface area contributed by atoms with Crippen LogP contribution in [0.1, 0.15) is 113 Å². The Bertz CT molecular complexity index is 2020. The molecule has 0 aliphatic carbocycles. The Kier molecular flexibility index (Phi) is 22.5. The summed E-state index contributed by atoms with van der Waals surface area (Å²) >= 11 is 0. The minimum absolute atomic E-state index is 0.0125. The lowest BCUT2D eigenvalue weighted by molar-refractivity contribution is -0.150. The molecule has 71 heavy (non-hydrogen) atoms. The second-order valence-electron chi connectivity index (χ2n) is 21.1. The Hall–Kier alpha value is -5.63. The summed E-state index contributed by atoms with van der Waals surface area (Å²) in [6, 6.07) is -1.66. The van der Waals surface area contributed by atoms with E-state index >= 15 is 0 Å². The van der Waals surface area contributed by atoms with E-state index in [1.807, 2.05) is 27.7 Å². The van der Waals surface area contributed by atoms with Gasteiger partial charge in [-0.05, 0) is 91.0 Å². The van der Waals surface area contributed by atoms with Crippen molar-refractivity contribution in [2.24, 2.45) is 11.8 Å². The van der Waals surface area contributed by atoms with Crippen LogP contribution in [-0.2, 0) is 54.3 Å². The van der Waals surface area contributed by atoms with Crippen molar-refractivity contribution in [2.75, 3.05) is 47.9 Å². The minimum Gasteiger partial charge on any atom is -0.391 e. The van der Waals surface area contributed by atoms with Crippen molar-refractivity contribution in [1.82, 2.24) is 45.8 Å². The van der Waals surface area contributed by atoms with Crippen LogP contribution in [0.5, 0.6) is 0 Å². The largest absolute Gasteiger partial charge is 0.391 e. The highest BCUT2D eigenvalue weighted by molar-refractivity contribution is 5.99. The smallest absolute Gasteiger partial charge is 0.248 e. The molecular formula is C51H83N9O11. The molecule has 9 atom stereocenters. The monoisotopic (exact) mass is 998 g/mol. The molecule has 0 radical (unpaired) electrons.